The van der Waals surface area contributed by atoms with E-state index in [9.17, 15) is 9.90 Å². The van der Waals surface area contributed by atoms with Crippen LogP contribution in [0.25, 0.3) is 32.9 Å². The van der Waals surface area contributed by atoms with Gasteiger partial charge in [0, 0.05) is 22.4 Å². The number of hydrogen-bond donors (Lipinski definition) is 1. The van der Waals surface area contributed by atoms with Crippen molar-refractivity contribution < 1.29 is 19.4 Å². The Labute approximate surface area is 155 Å². The van der Waals surface area contributed by atoms with Crippen molar-refractivity contribution in [3.05, 3.63) is 66.2 Å². The lowest BCUT2D eigenvalue weighted by atomic mass is 10.00. The molecule has 0 aliphatic carbocycles. The van der Waals surface area contributed by atoms with E-state index in [4.69, 9.17) is 14.5 Å². The van der Waals surface area contributed by atoms with Crippen LogP contribution in [-0.4, -0.2) is 30.3 Å². The minimum Gasteiger partial charge on any atom is -0.497 e. The lowest BCUT2D eigenvalue weighted by Gasteiger charge is -2.12. The van der Waals surface area contributed by atoms with Crippen molar-refractivity contribution in [1.29, 1.82) is 0 Å². The van der Waals surface area contributed by atoms with E-state index in [0.29, 0.717) is 28.1 Å². The molecule has 1 heterocycles. The summed E-state index contributed by atoms with van der Waals surface area (Å²) in [6.45, 7) is 0. The van der Waals surface area contributed by atoms with Crippen molar-refractivity contribution in [1.82, 2.24) is 4.98 Å². The molecule has 27 heavy (non-hydrogen) atoms. The highest BCUT2D eigenvalue weighted by atomic mass is 16.5. The third-order valence-electron chi connectivity index (χ3n) is 4.58. The number of benzene rings is 3. The fourth-order valence-corrected chi connectivity index (χ4v) is 3.24. The Bertz CT molecular complexity index is 1160. The van der Waals surface area contributed by atoms with Gasteiger partial charge in [-0.25, -0.2) is 9.78 Å². The van der Waals surface area contributed by atoms with Gasteiger partial charge in [0.2, 0.25) is 0 Å². The van der Waals surface area contributed by atoms with E-state index in [2.05, 4.69) is 0 Å². The van der Waals surface area contributed by atoms with Gasteiger partial charge in [-0.05, 0) is 23.6 Å². The summed E-state index contributed by atoms with van der Waals surface area (Å²) < 4.78 is 10.7. The smallest absolute Gasteiger partial charge is 0.336 e. The minimum atomic E-state index is -0.992. The maximum Gasteiger partial charge on any atom is 0.336 e. The van der Waals surface area contributed by atoms with E-state index in [-0.39, 0.29) is 5.56 Å². The molecular weight excluding hydrogens is 342 g/mol. The lowest BCUT2D eigenvalue weighted by Crippen LogP contribution is -2.01. The highest BCUT2D eigenvalue weighted by Crippen LogP contribution is 2.33. The highest BCUT2D eigenvalue weighted by Gasteiger charge is 2.16. The summed E-state index contributed by atoms with van der Waals surface area (Å²) in [6, 6.07) is 18.5. The van der Waals surface area contributed by atoms with Crippen molar-refractivity contribution in [3.63, 3.8) is 0 Å². The molecule has 0 saturated carbocycles. The number of rotatable bonds is 4. The molecular formula is C22H17NO4. The molecule has 0 aliphatic heterocycles. The Hall–Kier alpha value is -3.60. The average molecular weight is 359 g/mol. The van der Waals surface area contributed by atoms with Gasteiger partial charge in [-0.3, -0.25) is 0 Å². The Morgan fingerprint density at radius 1 is 0.889 bits per heavy atom. The van der Waals surface area contributed by atoms with Gasteiger partial charge < -0.3 is 14.6 Å². The SMILES string of the molecule is COc1cc(OC)cc(-c2cc(C(=O)O)c3ccc4ccccc4c3n2)c1. The molecule has 3 aromatic carbocycles. The van der Waals surface area contributed by atoms with Gasteiger partial charge in [0.1, 0.15) is 11.5 Å². The lowest BCUT2D eigenvalue weighted by molar-refractivity contribution is 0.0699. The maximum atomic E-state index is 11.9. The topological polar surface area (TPSA) is 68.7 Å². The zero-order chi connectivity index (χ0) is 19.0. The number of methoxy groups -OCH3 is 2. The minimum absolute atomic E-state index is 0.211. The highest BCUT2D eigenvalue weighted by molar-refractivity contribution is 6.12. The standard InChI is InChI=1S/C22H17NO4/c1-26-15-9-14(10-16(11-15)27-2)20-12-19(22(24)25)18-8-7-13-5-3-4-6-17(13)21(18)23-20/h3-12H,1-2H3,(H,24,25). The van der Waals surface area contributed by atoms with Crippen molar-refractivity contribution >= 4 is 27.6 Å². The first-order valence-electron chi connectivity index (χ1n) is 8.40. The van der Waals surface area contributed by atoms with Crippen molar-refractivity contribution in [2.75, 3.05) is 14.2 Å². The van der Waals surface area contributed by atoms with E-state index in [1.54, 1.807) is 26.4 Å². The summed E-state index contributed by atoms with van der Waals surface area (Å²) >= 11 is 0. The number of carbonyl (C=O) groups is 1. The number of aromatic nitrogens is 1. The first-order valence-corrected chi connectivity index (χ1v) is 8.40. The molecule has 1 aromatic heterocycles. The number of ether oxygens (including phenoxy) is 2. The van der Waals surface area contributed by atoms with Crippen molar-refractivity contribution in [3.8, 4) is 22.8 Å². The van der Waals surface area contributed by atoms with E-state index >= 15 is 0 Å². The zero-order valence-electron chi connectivity index (χ0n) is 14.9. The number of carboxylic acid groups (broad SMARTS) is 1. The molecule has 0 radical (unpaired) electrons. The molecule has 4 rings (SSSR count). The molecule has 4 aromatic rings. The molecule has 0 amide bonds. The molecule has 0 aliphatic rings. The van der Waals surface area contributed by atoms with Crippen LogP contribution in [0.4, 0.5) is 0 Å². The fourth-order valence-electron chi connectivity index (χ4n) is 3.24. The normalized spacial score (nSPS) is 10.9. The van der Waals surface area contributed by atoms with E-state index < -0.39 is 5.97 Å². The van der Waals surface area contributed by atoms with Gasteiger partial charge in [0.15, 0.2) is 0 Å². The van der Waals surface area contributed by atoms with Gasteiger partial charge in [0.25, 0.3) is 0 Å². The Kier molecular flexibility index (Phi) is 4.12. The fraction of sp³-hybridized carbons (Fsp3) is 0.0909. The molecule has 134 valence electrons. The van der Waals surface area contributed by atoms with Crippen LogP contribution in [0.5, 0.6) is 11.5 Å². The predicted molar refractivity (Wildman–Crippen MR) is 105 cm³/mol. The summed E-state index contributed by atoms with van der Waals surface area (Å²) in [6.07, 6.45) is 0. The summed E-state index contributed by atoms with van der Waals surface area (Å²) in [4.78, 5) is 16.7. The third kappa shape index (κ3) is 2.93. The maximum absolute atomic E-state index is 11.9. The molecule has 5 heteroatoms. The van der Waals surface area contributed by atoms with Crippen molar-refractivity contribution in [2.45, 2.75) is 0 Å². The molecule has 0 spiro atoms. The van der Waals surface area contributed by atoms with Crippen LogP contribution >= 0.6 is 0 Å². The second-order valence-corrected chi connectivity index (χ2v) is 6.14. The molecule has 0 atom stereocenters. The van der Waals surface area contributed by atoms with E-state index in [1.807, 2.05) is 48.5 Å². The number of carboxylic acids is 1. The molecule has 0 bridgehead atoms. The number of pyridine rings is 1. The molecule has 0 saturated heterocycles. The summed E-state index contributed by atoms with van der Waals surface area (Å²) in [5.74, 6) is 0.232. The van der Waals surface area contributed by atoms with Gasteiger partial charge in [-0.2, -0.15) is 0 Å². The largest absolute Gasteiger partial charge is 0.497 e. The summed E-state index contributed by atoms with van der Waals surface area (Å²) in [5.41, 5.74) is 2.14. The van der Waals surface area contributed by atoms with Crippen LogP contribution in [0.15, 0.2) is 60.7 Å². The first-order chi connectivity index (χ1) is 13.1. The number of aromatic carboxylic acids is 1. The third-order valence-corrected chi connectivity index (χ3v) is 4.58. The van der Waals surface area contributed by atoms with Crippen LogP contribution in [0.1, 0.15) is 10.4 Å². The number of hydrogen-bond acceptors (Lipinski definition) is 4. The second-order valence-electron chi connectivity index (χ2n) is 6.14. The van der Waals surface area contributed by atoms with Gasteiger partial charge in [-0.15, -0.1) is 0 Å². The Balaban J connectivity index is 2.07. The molecule has 1 N–H and O–H groups in total. The van der Waals surface area contributed by atoms with Crippen molar-refractivity contribution in [2.24, 2.45) is 0 Å². The quantitative estimate of drug-likeness (QED) is 0.532. The van der Waals surface area contributed by atoms with Crippen LogP contribution < -0.4 is 9.47 Å². The van der Waals surface area contributed by atoms with Gasteiger partial charge >= 0.3 is 5.97 Å². The van der Waals surface area contributed by atoms with Crippen LogP contribution in [0, 0.1) is 0 Å². The number of nitrogens with zero attached hydrogens (tertiary/aromatic N) is 1. The van der Waals surface area contributed by atoms with Gasteiger partial charge in [-0.1, -0.05) is 36.4 Å². The predicted octanol–water partition coefficient (Wildman–Crippen LogP) is 4.77. The average Bonchev–Trinajstić information content (AvgIpc) is 2.72. The molecule has 0 fully saturated rings. The van der Waals surface area contributed by atoms with E-state index in [1.165, 1.54) is 0 Å². The first kappa shape index (κ1) is 16.8. The molecule has 0 unspecified atom stereocenters. The Morgan fingerprint density at radius 3 is 2.26 bits per heavy atom. The van der Waals surface area contributed by atoms with Crippen LogP contribution in [0.2, 0.25) is 0 Å². The summed E-state index contributed by atoms with van der Waals surface area (Å²) in [7, 11) is 3.14. The van der Waals surface area contributed by atoms with Crippen LogP contribution in [-0.2, 0) is 0 Å². The van der Waals surface area contributed by atoms with Crippen LogP contribution in [0.3, 0.4) is 0 Å². The monoisotopic (exact) mass is 359 g/mol. The van der Waals surface area contributed by atoms with Gasteiger partial charge in [0.05, 0.1) is 31.0 Å². The van der Waals surface area contributed by atoms with E-state index in [0.717, 1.165) is 16.3 Å². The molecule has 5 nitrogen and oxygen atoms in total. The zero-order valence-corrected chi connectivity index (χ0v) is 14.9. The Morgan fingerprint density at radius 2 is 1.59 bits per heavy atom. The number of fused-ring (bicyclic) bond motifs is 3. The summed E-state index contributed by atoms with van der Waals surface area (Å²) in [5, 5.41) is 12.3. The second kappa shape index (κ2) is 6.61.